The van der Waals surface area contributed by atoms with E-state index in [0.29, 0.717) is 6.54 Å². The van der Waals surface area contributed by atoms with E-state index in [1.54, 1.807) is 6.33 Å². The van der Waals surface area contributed by atoms with Gasteiger partial charge < -0.3 is 15.5 Å². The molecule has 5 rings (SSSR count). The molecule has 1 aliphatic carbocycles. The average Bonchev–Trinajstić information content (AvgIpc) is 3.29. The summed E-state index contributed by atoms with van der Waals surface area (Å²) in [5.41, 5.74) is 0.546. The summed E-state index contributed by atoms with van der Waals surface area (Å²) < 4.78 is 1.87. The van der Waals surface area contributed by atoms with E-state index in [9.17, 15) is 9.59 Å². The van der Waals surface area contributed by atoms with Gasteiger partial charge in [-0.1, -0.05) is 18.2 Å². The number of nitrogens with zero attached hydrogens (tertiary/aromatic N) is 4. The number of carbonyl (C=O) groups excluding carboxylic acids is 2. The molecule has 3 aliphatic rings. The number of hydrogen-bond acceptors (Lipinski definition) is 4. The van der Waals surface area contributed by atoms with Crippen molar-refractivity contribution in [3.8, 4) is 0 Å². The molecule has 1 spiro atoms. The molecule has 2 unspecified atom stereocenters. The second kappa shape index (κ2) is 6.61. The number of rotatable bonds is 3. The predicted molar refractivity (Wildman–Crippen MR) is 102 cm³/mol. The smallest absolute Gasteiger partial charge is 0.319 e. The number of anilines is 1. The third-order valence-electron chi connectivity index (χ3n) is 6.27. The monoisotopic (exact) mass is 380 g/mol. The van der Waals surface area contributed by atoms with Gasteiger partial charge in [-0.25, -0.2) is 14.5 Å². The number of benzene rings is 1. The first-order chi connectivity index (χ1) is 13.6. The summed E-state index contributed by atoms with van der Waals surface area (Å²) in [4.78, 5) is 31.8. The second-order valence-corrected chi connectivity index (χ2v) is 8.14. The molecule has 8 heteroatoms. The van der Waals surface area contributed by atoms with E-state index in [-0.39, 0.29) is 29.3 Å². The topological polar surface area (TPSA) is 92.2 Å². The normalized spacial score (nSPS) is 26.1. The molecule has 1 aromatic carbocycles. The van der Waals surface area contributed by atoms with Crippen molar-refractivity contribution in [3.05, 3.63) is 42.5 Å². The number of carbonyl (C=O) groups is 2. The summed E-state index contributed by atoms with van der Waals surface area (Å²) in [7, 11) is 0. The minimum atomic E-state index is -0.274. The van der Waals surface area contributed by atoms with Crippen LogP contribution in [-0.2, 0) is 11.3 Å². The van der Waals surface area contributed by atoms with Gasteiger partial charge in [-0.15, -0.1) is 0 Å². The Bertz CT molecular complexity index is 893. The molecule has 2 aromatic rings. The van der Waals surface area contributed by atoms with Gasteiger partial charge in [-0.3, -0.25) is 4.79 Å². The summed E-state index contributed by atoms with van der Waals surface area (Å²) in [6, 6.07) is 8.84. The maximum Gasteiger partial charge on any atom is 0.319 e. The molecule has 1 aromatic heterocycles. The average molecular weight is 380 g/mol. The Hall–Kier alpha value is -2.90. The Kier molecular flexibility index (Phi) is 4.07. The SMILES string of the molecule is O=C(Nc1ccccc1)NC1c2ncnn2CCC12CCN(C(=O)C1CC1)C2. The quantitative estimate of drug-likeness (QED) is 0.854. The van der Waals surface area contributed by atoms with E-state index in [1.807, 2.05) is 39.9 Å². The first-order valence-corrected chi connectivity index (χ1v) is 9.94. The van der Waals surface area contributed by atoms with Gasteiger partial charge >= 0.3 is 6.03 Å². The zero-order valence-corrected chi connectivity index (χ0v) is 15.7. The summed E-state index contributed by atoms with van der Waals surface area (Å²) in [6.07, 6.45) is 5.30. The zero-order valence-electron chi connectivity index (χ0n) is 15.7. The number of likely N-dealkylation sites (tertiary alicyclic amines) is 1. The van der Waals surface area contributed by atoms with Gasteiger partial charge in [-0.05, 0) is 37.8 Å². The Morgan fingerprint density at radius 1 is 1.11 bits per heavy atom. The van der Waals surface area contributed by atoms with Gasteiger partial charge in [0, 0.05) is 36.7 Å². The molecule has 3 heterocycles. The molecule has 3 amide bonds. The fourth-order valence-corrected chi connectivity index (χ4v) is 4.57. The lowest BCUT2D eigenvalue weighted by atomic mass is 9.74. The highest BCUT2D eigenvalue weighted by molar-refractivity contribution is 5.89. The van der Waals surface area contributed by atoms with Crippen molar-refractivity contribution in [3.63, 3.8) is 0 Å². The number of aromatic nitrogens is 3. The molecule has 0 radical (unpaired) electrons. The zero-order chi connectivity index (χ0) is 19.1. The van der Waals surface area contributed by atoms with Crippen molar-refractivity contribution in [2.75, 3.05) is 18.4 Å². The minimum absolute atomic E-state index is 0.193. The van der Waals surface area contributed by atoms with E-state index < -0.39 is 0 Å². The van der Waals surface area contributed by atoms with Crippen LogP contribution in [0.4, 0.5) is 10.5 Å². The van der Waals surface area contributed by atoms with Crippen LogP contribution in [0.5, 0.6) is 0 Å². The number of amides is 3. The van der Waals surface area contributed by atoms with Crippen LogP contribution in [0.15, 0.2) is 36.7 Å². The molecule has 1 saturated heterocycles. The van der Waals surface area contributed by atoms with Crippen molar-refractivity contribution >= 4 is 17.6 Å². The van der Waals surface area contributed by atoms with Crippen LogP contribution >= 0.6 is 0 Å². The molecular weight excluding hydrogens is 356 g/mol. The Labute approximate surface area is 163 Å². The Morgan fingerprint density at radius 3 is 2.68 bits per heavy atom. The van der Waals surface area contributed by atoms with Gasteiger partial charge in [0.2, 0.25) is 5.91 Å². The molecule has 0 bridgehead atoms. The molecule has 146 valence electrons. The van der Waals surface area contributed by atoms with Crippen LogP contribution in [-0.4, -0.2) is 44.7 Å². The van der Waals surface area contributed by atoms with E-state index >= 15 is 0 Å². The number of urea groups is 1. The number of aryl methyl sites for hydroxylation is 1. The van der Waals surface area contributed by atoms with Crippen LogP contribution in [0, 0.1) is 11.3 Å². The van der Waals surface area contributed by atoms with E-state index in [0.717, 1.165) is 50.3 Å². The number of nitrogens with one attached hydrogen (secondary N) is 2. The molecule has 2 aliphatic heterocycles. The van der Waals surface area contributed by atoms with Crippen LogP contribution in [0.2, 0.25) is 0 Å². The molecule has 28 heavy (non-hydrogen) atoms. The number of fused-ring (bicyclic) bond motifs is 1. The second-order valence-electron chi connectivity index (χ2n) is 8.14. The first-order valence-electron chi connectivity index (χ1n) is 9.94. The summed E-state index contributed by atoms with van der Waals surface area (Å²) >= 11 is 0. The number of hydrogen-bond donors (Lipinski definition) is 2. The highest BCUT2D eigenvalue weighted by Crippen LogP contribution is 2.48. The molecule has 2 atom stereocenters. The fraction of sp³-hybridized carbons (Fsp3) is 0.500. The van der Waals surface area contributed by atoms with Crippen molar-refractivity contribution in [1.29, 1.82) is 0 Å². The van der Waals surface area contributed by atoms with Crippen LogP contribution in [0.25, 0.3) is 0 Å². The largest absolute Gasteiger partial charge is 0.342 e. The maximum absolute atomic E-state index is 12.7. The molecule has 1 saturated carbocycles. The van der Waals surface area contributed by atoms with E-state index in [4.69, 9.17) is 0 Å². The third-order valence-corrected chi connectivity index (χ3v) is 6.27. The lowest BCUT2D eigenvalue weighted by Gasteiger charge is -2.40. The summed E-state index contributed by atoms with van der Waals surface area (Å²) in [5.74, 6) is 1.27. The van der Waals surface area contributed by atoms with Crippen LogP contribution < -0.4 is 10.6 Å². The standard InChI is InChI=1S/C20H24N6O2/c27-18(14-6-7-14)25-10-8-20(12-25)9-11-26-17(21-13-22-26)16(20)24-19(28)23-15-4-2-1-3-5-15/h1-5,13-14,16H,6-12H2,(H2,23,24,28). The maximum atomic E-state index is 12.7. The van der Waals surface area contributed by atoms with Gasteiger partial charge in [0.15, 0.2) is 0 Å². The summed E-state index contributed by atoms with van der Waals surface area (Å²) in [5, 5.41) is 10.3. The lowest BCUT2D eigenvalue weighted by molar-refractivity contribution is -0.132. The van der Waals surface area contributed by atoms with Crippen molar-refractivity contribution in [1.82, 2.24) is 25.0 Å². The molecule has 8 nitrogen and oxygen atoms in total. The van der Waals surface area contributed by atoms with Gasteiger partial charge in [-0.2, -0.15) is 5.10 Å². The number of para-hydroxylation sites is 1. The Morgan fingerprint density at radius 2 is 1.89 bits per heavy atom. The first kappa shape index (κ1) is 17.2. The van der Waals surface area contributed by atoms with E-state index in [2.05, 4.69) is 20.7 Å². The third kappa shape index (κ3) is 3.02. The Balaban J connectivity index is 1.38. The highest BCUT2D eigenvalue weighted by Gasteiger charge is 2.51. The van der Waals surface area contributed by atoms with Crippen molar-refractivity contribution in [2.24, 2.45) is 11.3 Å². The molecule has 2 N–H and O–H groups in total. The van der Waals surface area contributed by atoms with Crippen LogP contribution in [0.3, 0.4) is 0 Å². The van der Waals surface area contributed by atoms with E-state index in [1.165, 1.54) is 0 Å². The van der Waals surface area contributed by atoms with Gasteiger partial charge in [0.1, 0.15) is 12.2 Å². The minimum Gasteiger partial charge on any atom is -0.342 e. The summed E-state index contributed by atoms with van der Waals surface area (Å²) in [6.45, 7) is 2.19. The van der Waals surface area contributed by atoms with Crippen molar-refractivity contribution in [2.45, 2.75) is 38.3 Å². The van der Waals surface area contributed by atoms with Crippen molar-refractivity contribution < 1.29 is 9.59 Å². The molecular formula is C20H24N6O2. The van der Waals surface area contributed by atoms with Gasteiger partial charge in [0.05, 0.1) is 6.04 Å². The molecule has 2 fully saturated rings. The van der Waals surface area contributed by atoms with Gasteiger partial charge in [0.25, 0.3) is 0 Å². The lowest BCUT2D eigenvalue weighted by Crippen LogP contribution is -2.49. The van der Waals surface area contributed by atoms with Crippen LogP contribution in [0.1, 0.15) is 37.5 Å². The predicted octanol–water partition coefficient (Wildman–Crippen LogP) is 2.17. The fourth-order valence-electron chi connectivity index (χ4n) is 4.57. The highest BCUT2D eigenvalue weighted by atomic mass is 16.2.